The number of alkyl halides is 4. The Hall–Kier alpha value is -3.00. The Morgan fingerprint density at radius 1 is 1.14 bits per heavy atom. The molecule has 0 saturated carbocycles. The Morgan fingerprint density at radius 3 is 2.09 bits per heavy atom. The van der Waals surface area contributed by atoms with Crippen molar-refractivity contribution < 1.29 is 22.7 Å². The van der Waals surface area contributed by atoms with Crippen molar-refractivity contribution in [1.29, 1.82) is 0 Å². The molecule has 11 heteroatoms. The summed E-state index contributed by atoms with van der Waals surface area (Å²) in [6.45, 7) is 22.9. The van der Waals surface area contributed by atoms with Gasteiger partial charge in [-0.3, -0.25) is 4.99 Å². The summed E-state index contributed by atoms with van der Waals surface area (Å²) in [4.78, 5) is 4.26. The third kappa shape index (κ3) is 25.2. The van der Waals surface area contributed by atoms with Crippen LogP contribution in [-0.2, 0) is 6.42 Å². The highest BCUT2D eigenvalue weighted by molar-refractivity contribution is 7.16. The minimum atomic E-state index is -2.63. The number of halogens is 4. The summed E-state index contributed by atoms with van der Waals surface area (Å²) in [5.41, 5.74) is 15.0. The summed E-state index contributed by atoms with van der Waals surface area (Å²) in [5.74, 6) is -2.16. The summed E-state index contributed by atoms with van der Waals surface area (Å²) in [6, 6.07) is 6.00. The number of benzene rings is 1. The van der Waals surface area contributed by atoms with E-state index in [9.17, 15) is 17.6 Å². The predicted octanol–water partition coefficient (Wildman–Crippen LogP) is 9.24. The summed E-state index contributed by atoms with van der Waals surface area (Å²) in [6.07, 6.45) is 3.40. The van der Waals surface area contributed by atoms with Crippen LogP contribution >= 0.6 is 9.24 Å². The van der Waals surface area contributed by atoms with Crippen LogP contribution in [0.15, 0.2) is 66.2 Å². The first-order valence-electron chi connectivity index (χ1n) is 14.6. The van der Waals surface area contributed by atoms with Gasteiger partial charge in [-0.25, -0.2) is 17.6 Å². The first-order chi connectivity index (χ1) is 20.2. The van der Waals surface area contributed by atoms with Gasteiger partial charge in [0.05, 0.1) is 23.2 Å². The van der Waals surface area contributed by atoms with Crippen LogP contribution in [0.25, 0.3) is 5.70 Å². The fourth-order valence-corrected chi connectivity index (χ4v) is 3.03. The maximum Gasteiger partial charge on any atom is 0.249 e. The van der Waals surface area contributed by atoms with E-state index >= 15 is 0 Å². The SMILES string of the molecule is C=C(NC)c1cccc(CC)c1NC(C)=NCCC(F)(F)CCC.C=C(O)C(C)/C(N)=C\C=C/N.CC.CC.FC(F)P. The molecule has 0 radical (unpaired) electrons. The molecule has 1 rings (SSSR count). The smallest absolute Gasteiger partial charge is 0.249 e. The van der Waals surface area contributed by atoms with Crippen LogP contribution in [-0.4, -0.2) is 36.6 Å². The van der Waals surface area contributed by atoms with Crippen molar-refractivity contribution in [3.8, 4) is 0 Å². The maximum atomic E-state index is 13.5. The van der Waals surface area contributed by atoms with Crippen LogP contribution in [0.3, 0.4) is 0 Å². The van der Waals surface area contributed by atoms with Gasteiger partial charge in [0, 0.05) is 43.4 Å². The minimum absolute atomic E-state index is 0.0594. The van der Waals surface area contributed by atoms with E-state index in [-0.39, 0.29) is 31.1 Å². The Kier molecular flexibility index (Phi) is 31.8. The Labute approximate surface area is 261 Å². The van der Waals surface area contributed by atoms with Crippen LogP contribution in [0.4, 0.5) is 23.2 Å². The summed E-state index contributed by atoms with van der Waals surface area (Å²) < 4.78 is 47.6. The van der Waals surface area contributed by atoms with E-state index in [1.165, 1.54) is 15.4 Å². The molecule has 0 aliphatic carbocycles. The van der Waals surface area contributed by atoms with Crippen LogP contribution in [0.2, 0.25) is 0 Å². The zero-order valence-electron chi connectivity index (χ0n) is 27.7. The van der Waals surface area contributed by atoms with Gasteiger partial charge in [0.1, 0.15) is 0 Å². The molecule has 0 saturated heterocycles. The molecule has 0 aliphatic heterocycles. The van der Waals surface area contributed by atoms with Crippen LogP contribution in [0.1, 0.15) is 85.8 Å². The minimum Gasteiger partial charge on any atom is -0.512 e. The second-order valence-corrected chi connectivity index (χ2v) is 8.97. The van der Waals surface area contributed by atoms with Crippen molar-refractivity contribution in [2.45, 2.75) is 93.2 Å². The van der Waals surface area contributed by atoms with E-state index in [2.05, 4.69) is 35.7 Å². The molecule has 0 bridgehead atoms. The van der Waals surface area contributed by atoms with Gasteiger partial charge >= 0.3 is 0 Å². The van der Waals surface area contributed by atoms with E-state index in [4.69, 9.17) is 16.6 Å². The first-order valence-corrected chi connectivity index (χ1v) is 15.2. The highest BCUT2D eigenvalue weighted by Gasteiger charge is 2.26. The van der Waals surface area contributed by atoms with Crippen LogP contribution in [0.5, 0.6) is 0 Å². The van der Waals surface area contributed by atoms with E-state index in [0.717, 1.165) is 28.9 Å². The quantitative estimate of drug-likeness (QED) is 0.0393. The monoisotopic (exact) mass is 635 g/mol. The molecule has 0 fully saturated rings. The number of para-hydroxylation sites is 1. The lowest BCUT2D eigenvalue weighted by atomic mass is 10.0. The van der Waals surface area contributed by atoms with E-state index in [0.29, 0.717) is 18.0 Å². The molecule has 0 spiro atoms. The molecule has 6 nitrogen and oxygen atoms in total. The third-order valence-corrected chi connectivity index (χ3v) is 5.31. The molecule has 7 N–H and O–H groups in total. The van der Waals surface area contributed by atoms with Crippen molar-refractivity contribution in [3.63, 3.8) is 0 Å². The van der Waals surface area contributed by atoms with E-state index in [1.54, 1.807) is 32.9 Å². The topological polar surface area (TPSA) is 109 Å². The second-order valence-electron chi connectivity index (χ2n) is 8.47. The number of nitrogens with zero attached hydrogens (tertiary/aromatic N) is 1. The van der Waals surface area contributed by atoms with Crippen LogP contribution in [0, 0.1) is 5.92 Å². The summed E-state index contributed by atoms with van der Waals surface area (Å²) in [7, 11) is 3.14. The number of anilines is 1. The zero-order valence-corrected chi connectivity index (χ0v) is 28.9. The standard InChI is InChI=1S/C19H29F2N3.C8H14N2O.2C2H6.CH3F2P/c1-6-11-19(20,21)12-13-23-15(4)24-18-16(7-2)9-8-10-17(18)14(3)22-5;1-6(7(2)11)8(10)4-3-5-9;2*1-2;2-1(3)4/h8-10,22H,3,6-7,11-13H2,1-2,4-5H3,(H,23,24);3-6,11H,2,9-10H2,1H3;2*1-2H3;1H,4H2/b;5-3-,8-4+;;;. The molecule has 1 aromatic carbocycles. The molecule has 2 atom stereocenters. The van der Waals surface area contributed by atoms with E-state index < -0.39 is 12.1 Å². The van der Waals surface area contributed by atoms with Crippen LogP contribution < -0.4 is 22.1 Å². The first kappa shape index (κ1) is 46.9. The molecule has 250 valence electrons. The van der Waals surface area contributed by atoms with E-state index in [1.807, 2.05) is 52.9 Å². The summed E-state index contributed by atoms with van der Waals surface area (Å²) >= 11 is 0. The lowest BCUT2D eigenvalue weighted by molar-refractivity contribution is -0.0140. The molecule has 43 heavy (non-hydrogen) atoms. The molecule has 2 unspecified atom stereocenters. The number of aliphatic hydroxyl groups is 1. The number of amidine groups is 1. The number of hydrogen-bond donors (Lipinski definition) is 5. The lowest BCUT2D eigenvalue weighted by Gasteiger charge is -2.18. The van der Waals surface area contributed by atoms with Gasteiger partial charge in [0.25, 0.3) is 0 Å². The molecule has 1 aromatic rings. The predicted molar refractivity (Wildman–Crippen MR) is 185 cm³/mol. The molecule has 0 heterocycles. The highest BCUT2D eigenvalue weighted by atomic mass is 31.0. The highest BCUT2D eigenvalue weighted by Crippen LogP contribution is 2.27. The van der Waals surface area contributed by atoms with Gasteiger partial charge in [-0.05, 0) is 44.2 Å². The number of nitrogens with two attached hydrogens (primary N) is 2. The number of nitrogens with one attached hydrogen (secondary N) is 2. The Bertz CT molecular complexity index is 964. The van der Waals surface area contributed by atoms with Crippen molar-refractivity contribution in [2.75, 3.05) is 18.9 Å². The van der Waals surface area contributed by atoms with Gasteiger partial charge in [0.15, 0.2) is 0 Å². The van der Waals surface area contributed by atoms with Crippen molar-refractivity contribution in [1.82, 2.24) is 5.32 Å². The van der Waals surface area contributed by atoms with Gasteiger partial charge < -0.3 is 27.2 Å². The summed E-state index contributed by atoms with van der Waals surface area (Å²) in [5, 5.41) is 15.2. The Morgan fingerprint density at radius 2 is 1.67 bits per heavy atom. The van der Waals surface area contributed by atoms with Crippen molar-refractivity contribution >= 4 is 26.5 Å². The molecule has 0 aromatic heterocycles. The molecular weight excluding hydrogens is 577 g/mol. The average molecular weight is 636 g/mol. The number of allylic oxidation sites excluding steroid dienone is 2. The fraction of sp³-hybridized carbons (Fsp3) is 0.531. The molecule has 0 amide bonds. The van der Waals surface area contributed by atoms with Crippen molar-refractivity contribution in [2.24, 2.45) is 22.4 Å². The van der Waals surface area contributed by atoms with Gasteiger partial charge in [-0.2, -0.15) is 0 Å². The maximum absolute atomic E-state index is 13.5. The third-order valence-electron chi connectivity index (χ3n) is 5.31. The van der Waals surface area contributed by atoms with Gasteiger partial charge in [-0.1, -0.05) is 88.6 Å². The molecule has 0 aliphatic rings. The second kappa shape index (κ2) is 29.1. The zero-order chi connectivity index (χ0) is 34.6. The largest absolute Gasteiger partial charge is 0.512 e. The van der Waals surface area contributed by atoms with Gasteiger partial charge in [-0.15, -0.1) is 0 Å². The van der Waals surface area contributed by atoms with Gasteiger partial charge in [0.2, 0.25) is 12.1 Å². The normalized spacial score (nSPS) is 11.8. The number of hydrogen-bond acceptors (Lipinski definition) is 5. The number of aliphatic hydroxyl groups excluding tert-OH is 1. The Balaban J connectivity index is -0.000000332. The number of aryl methyl sites for hydroxylation is 1. The number of aliphatic imine (C=N–C) groups is 1. The fourth-order valence-electron chi connectivity index (χ4n) is 3.03. The number of rotatable bonds is 12. The molecular formula is C32H58F4N5OP. The average Bonchev–Trinajstić information content (AvgIpc) is 2.97. The lowest BCUT2D eigenvalue weighted by Crippen LogP contribution is -2.18. The van der Waals surface area contributed by atoms with Crippen molar-refractivity contribution in [3.05, 3.63) is 72.3 Å².